The number of primary amides is 1. The number of thioether (sulfide) groups is 1. The average molecular weight is 1270 g/mol. The minimum absolute atomic E-state index is 0.0690. The third-order valence-corrected chi connectivity index (χ3v) is 14.8. The SMILES string of the molecule is COCCOCCOCCOCCCCCCCCCCCSCCCCCCCCCCC(=O)NC(CCCCNC(=O)CCC(=O)NCCCOCCOCCOCCCNC(=O)CCC(=O)NCCCOCCOCCOCCCN)C(N)=O. The molecular weight excluding hydrogens is 1140 g/mol. The highest BCUT2D eigenvalue weighted by molar-refractivity contribution is 7.99. The normalized spacial score (nSPS) is 11.7. The van der Waals surface area contributed by atoms with Gasteiger partial charge in [-0.3, -0.25) is 28.8 Å². The molecule has 0 aliphatic heterocycles. The molecular formula is C63H123N7O16S. The maximum absolute atomic E-state index is 12.5. The molecule has 512 valence electrons. The van der Waals surface area contributed by atoms with Crippen LogP contribution in [0.5, 0.6) is 0 Å². The molecule has 87 heavy (non-hydrogen) atoms. The molecule has 24 heteroatoms. The van der Waals surface area contributed by atoms with Crippen LogP contribution >= 0.6 is 11.8 Å². The summed E-state index contributed by atoms with van der Waals surface area (Å²) in [6.45, 7) is 12.6. The molecule has 0 rings (SSSR count). The van der Waals surface area contributed by atoms with Gasteiger partial charge in [-0.2, -0.15) is 11.8 Å². The number of carbonyl (C=O) groups excluding carboxylic acids is 6. The first-order valence-corrected chi connectivity index (χ1v) is 34.5. The van der Waals surface area contributed by atoms with Crippen molar-refractivity contribution in [1.82, 2.24) is 26.6 Å². The number of hydrogen-bond donors (Lipinski definition) is 7. The summed E-state index contributed by atoms with van der Waals surface area (Å²) in [6, 6.07) is -0.735. The number of hydrogen-bond acceptors (Lipinski definition) is 18. The summed E-state index contributed by atoms with van der Waals surface area (Å²) in [7, 11) is 1.67. The highest BCUT2D eigenvalue weighted by Crippen LogP contribution is 2.15. The molecule has 0 aliphatic carbocycles. The van der Waals surface area contributed by atoms with Crippen molar-refractivity contribution in [2.45, 2.75) is 192 Å². The van der Waals surface area contributed by atoms with Gasteiger partial charge in [-0.1, -0.05) is 83.5 Å². The number of amides is 6. The van der Waals surface area contributed by atoms with Crippen LogP contribution in [0, 0.1) is 0 Å². The zero-order valence-electron chi connectivity index (χ0n) is 54.1. The second-order valence-corrected chi connectivity index (χ2v) is 22.7. The predicted molar refractivity (Wildman–Crippen MR) is 343 cm³/mol. The molecule has 23 nitrogen and oxygen atoms in total. The molecule has 0 bridgehead atoms. The Balaban J connectivity index is 3.52. The van der Waals surface area contributed by atoms with E-state index in [0.717, 1.165) is 38.7 Å². The van der Waals surface area contributed by atoms with Crippen molar-refractivity contribution in [3.8, 4) is 0 Å². The smallest absolute Gasteiger partial charge is 0.239 e. The third-order valence-electron chi connectivity index (χ3n) is 13.6. The third kappa shape index (κ3) is 68.5. The van der Waals surface area contributed by atoms with E-state index in [1.807, 2.05) is 0 Å². The maximum atomic E-state index is 12.5. The lowest BCUT2D eigenvalue weighted by atomic mass is 10.1. The maximum Gasteiger partial charge on any atom is 0.239 e. The van der Waals surface area contributed by atoms with Gasteiger partial charge in [0.2, 0.25) is 35.4 Å². The van der Waals surface area contributed by atoms with E-state index < -0.39 is 11.9 Å². The zero-order valence-corrected chi connectivity index (χ0v) is 54.9. The Labute approximate surface area is 528 Å². The van der Waals surface area contributed by atoms with Crippen LogP contribution in [-0.4, -0.2) is 218 Å². The quantitative estimate of drug-likeness (QED) is 0.0332. The van der Waals surface area contributed by atoms with Gasteiger partial charge < -0.3 is 85.4 Å². The van der Waals surface area contributed by atoms with E-state index in [4.69, 9.17) is 58.8 Å². The molecule has 0 aromatic carbocycles. The monoisotopic (exact) mass is 1270 g/mol. The van der Waals surface area contributed by atoms with E-state index in [1.165, 1.54) is 95.0 Å². The Hall–Kier alpha value is -3.27. The largest absolute Gasteiger partial charge is 0.382 e. The van der Waals surface area contributed by atoms with Gasteiger partial charge in [0.05, 0.1) is 92.5 Å². The number of nitrogens with two attached hydrogens (primary N) is 2. The highest BCUT2D eigenvalue weighted by Gasteiger charge is 2.18. The van der Waals surface area contributed by atoms with Crippen LogP contribution < -0.4 is 38.1 Å². The van der Waals surface area contributed by atoms with Crippen molar-refractivity contribution in [3.63, 3.8) is 0 Å². The second kappa shape index (κ2) is 70.2. The van der Waals surface area contributed by atoms with Crippen LogP contribution in [0.15, 0.2) is 0 Å². The standard InChI is InChI=1S/C63H123N7O16S/c1-77-41-42-83-53-54-86-48-43-78-36-18-12-8-4-2-5-9-13-19-55-87-56-20-14-10-6-3-7-11-15-26-62(75)70-57(63(65)76)25-16-17-32-66-58(71)27-28-59(72)67-33-22-39-81-46-51-85-52-47-82-40-24-35-69-61(74)30-29-60(73)68-34-23-38-80-45-50-84-49-44-79-37-21-31-64/h57H,2-56,64H2,1H3,(H2,65,76)(H,66,71)(H,67,72)(H,68,73)(H,69,74)(H,70,75). The molecule has 1 unspecified atom stereocenters. The number of unbranched alkanes of at least 4 members (excludes halogenated alkanes) is 16. The molecule has 0 fully saturated rings. The van der Waals surface area contributed by atoms with Crippen LogP contribution in [0.4, 0.5) is 0 Å². The number of methoxy groups -OCH3 is 1. The molecule has 0 aliphatic rings. The zero-order chi connectivity index (χ0) is 63.2. The lowest BCUT2D eigenvalue weighted by Crippen LogP contribution is -2.44. The molecule has 6 amide bonds. The van der Waals surface area contributed by atoms with Crippen molar-refractivity contribution in [1.29, 1.82) is 0 Å². The topological polar surface area (TPSA) is 307 Å². The van der Waals surface area contributed by atoms with Crippen LogP contribution in [0.1, 0.15) is 186 Å². The van der Waals surface area contributed by atoms with Crippen LogP contribution in [0.2, 0.25) is 0 Å². The Morgan fingerprint density at radius 1 is 0.322 bits per heavy atom. The minimum Gasteiger partial charge on any atom is -0.382 e. The molecule has 1 atom stereocenters. The number of ether oxygens (including phenoxy) is 10. The number of rotatable bonds is 72. The fourth-order valence-corrected chi connectivity index (χ4v) is 9.54. The van der Waals surface area contributed by atoms with Crippen molar-refractivity contribution in [2.24, 2.45) is 11.5 Å². The Bertz CT molecular complexity index is 1570. The lowest BCUT2D eigenvalue weighted by Gasteiger charge is -2.15. The van der Waals surface area contributed by atoms with E-state index in [2.05, 4.69) is 38.3 Å². The Kier molecular flexibility index (Phi) is 67.6. The van der Waals surface area contributed by atoms with Crippen LogP contribution in [0.25, 0.3) is 0 Å². The molecule has 0 aromatic rings. The van der Waals surface area contributed by atoms with E-state index in [1.54, 1.807) is 7.11 Å². The molecule has 0 saturated heterocycles. The van der Waals surface area contributed by atoms with Crippen LogP contribution in [-0.2, 0) is 76.1 Å². The number of nitrogens with one attached hydrogen (secondary N) is 5. The van der Waals surface area contributed by atoms with Gasteiger partial charge in [0.25, 0.3) is 0 Å². The predicted octanol–water partition coefficient (Wildman–Crippen LogP) is 6.22. The summed E-state index contributed by atoms with van der Waals surface area (Å²) >= 11 is 2.11. The summed E-state index contributed by atoms with van der Waals surface area (Å²) in [6.07, 6.45) is 26.0. The molecule has 0 heterocycles. The van der Waals surface area contributed by atoms with Gasteiger partial charge >= 0.3 is 0 Å². The molecule has 0 aromatic heterocycles. The van der Waals surface area contributed by atoms with Crippen molar-refractivity contribution in [2.75, 3.05) is 177 Å². The Morgan fingerprint density at radius 2 is 0.621 bits per heavy atom. The van der Waals surface area contributed by atoms with E-state index in [9.17, 15) is 28.8 Å². The molecule has 0 radical (unpaired) electrons. The summed E-state index contributed by atoms with van der Waals surface area (Å²) in [5.74, 6) is 1.03. The van der Waals surface area contributed by atoms with E-state index in [0.29, 0.717) is 197 Å². The average Bonchev–Trinajstić information content (AvgIpc) is 3.54. The first kappa shape index (κ1) is 83.7. The first-order valence-electron chi connectivity index (χ1n) is 33.3. The molecule has 0 saturated carbocycles. The molecule has 9 N–H and O–H groups in total. The fraction of sp³-hybridized carbons (Fsp3) is 0.905. The van der Waals surface area contributed by atoms with E-state index >= 15 is 0 Å². The van der Waals surface area contributed by atoms with Crippen molar-refractivity contribution < 1.29 is 76.1 Å². The van der Waals surface area contributed by atoms with Gasteiger partial charge in [0, 0.05) is 98.4 Å². The summed E-state index contributed by atoms with van der Waals surface area (Å²) in [5.41, 5.74) is 11.0. The lowest BCUT2D eigenvalue weighted by molar-refractivity contribution is -0.127. The molecule has 0 spiro atoms. The first-order chi connectivity index (χ1) is 42.7. The van der Waals surface area contributed by atoms with Crippen LogP contribution in [0.3, 0.4) is 0 Å². The van der Waals surface area contributed by atoms with Gasteiger partial charge in [-0.25, -0.2) is 0 Å². The van der Waals surface area contributed by atoms with E-state index in [-0.39, 0.29) is 55.2 Å². The summed E-state index contributed by atoms with van der Waals surface area (Å²) in [4.78, 5) is 73.2. The second-order valence-electron chi connectivity index (χ2n) is 21.5. The summed E-state index contributed by atoms with van der Waals surface area (Å²) in [5, 5.41) is 14.0. The minimum atomic E-state index is -0.735. The fourth-order valence-electron chi connectivity index (χ4n) is 8.52. The number of carbonyl (C=O) groups is 6. The van der Waals surface area contributed by atoms with Crippen molar-refractivity contribution in [3.05, 3.63) is 0 Å². The van der Waals surface area contributed by atoms with Gasteiger partial charge in [0.15, 0.2) is 0 Å². The Morgan fingerprint density at radius 3 is 0.977 bits per heavy atom. The van der Waals surface area contributed by atoms with Gasteiger partial charge in [-0.15, -0.1) is 0 Å². The van der Waals surface area contributed by atoms with Crippen molar-refractivity contribution >= 4 is 47.2 Å². The highest BCUT2D eigenvalue weighted by atomic mass is 32.2. The summed E-state index contributed by atoms with van der Waals surface area (Å²) < 4.78 is 54.3. The van der Waals surface area contributed by atoms with Gasteiger partial charge in [-0.05, 0) is 88.7 Å². The van der Waals surface area contributed by atoms with Gasteiger partial charge in [0.1, 0.15) is 6.04 Å².